The van der Waals surface area contributed by atoms with Crippen molar-refractivity contribution in [1.82, 2.24) is 25.1 Å². The molecule has 0 saturated heterocycles. The van der Waals surface area contributed by atoms with Gasteiger partial charge >= 0.3 is 0 Å². The summed E-state index contributed by atoms with van der Waals surface area (Å²) in [6.45, 7) is 0. The summed E-state index contributed by atoms with van der Waals surface area (Å²) in [4.78, 5) is 13.3. The molecule has 0 radical (unpaired) electrons. The van der Waals surface area contributed by atoms with Gasteiger partial charge < -0.3 is 10.1 Å². The van der Waals surface area contributed by atoms with Crippen LogP contribution in [0.3, 0.4) is 0 Å². The summed E-state index contributed by atoms with van der Waals surface area (Å²) in [6.07, 6.45) is 1.55. The van der Waals surface area contributed by atoms with Crippen molar-refractivity contribution < 1.29 is 9.53 Å². The van der Waals surface area contributed by atoms with Crippen LogP contribution >= 0.6 is 39.5 Å². The van der Waals surface area contributed by atoms with Crippen LogP contribution in [0.25, 0.3) is 15.5 Å². The van der Waals surface area contributed by atoms with Crippen LogP contribution < -0.4 is 15.4 Å². The van der Waals surface area contributed by atoms with E-state index in [0.29, 0.717) is 16.3 Å². The molecule has 2 aromatic heterocycles. The minimum atomic E-state index is -0.370. The maximum atomic E-state index is 12.6. The van der Waals surface area contributed by atoms with Gasteiger partial charge in [0.15, 0.2) is 5.11 Å². The highest BCUT2D eigenvalue weighted by atomic mass is 79.9. The van der Waals surface area contributed by atoms with Gasteiger partial charge in [-0.3, -0.25) is 10.1 Å². The van der Waals surface area contributed by atoms with Crippen LogP contribution in [0.1, 0.15) is 10.4 Å². The summed E-state index contributed by atoms with van der Waals surface area (Å²) < 4.78 is 7.63. The molecule has 0 spiro atoms. The smallest absolute Gasteiger partial charge is 0.261 e. The van der Waals surface area contributed by atoms with E-state index in [1.807, 2.05) is 24.3 Å². The van der Waals surface area contributed by atoms with Gasteiger partial charge in [0.1, 0.15) is 17.1 Å². The van der Waals surface area contributed by atoms with Crippen molar-refractivity contribution in [3.8, 4) is 16.3 Å². The number of carbonyl (C=O) groups excluding carboxylic acids is 1. The number of hydrogen-bond donors (Lipinski definition) is 2. The van der Waals surface area contributed by atoms with Crippen molar-refractivity contribution in [2.45, 2.75) is 0 Å². The number of aromatic nitrogens is 4. The quantitative estimate of drug-likeness (QED) is 0.422. The fourth-order valence-corrected chi connectivity index (χ4v) is 3.98. The van der Waals surface area contributed by atoms with Crippen LogP contribution in [0, 0.1) is 0 Å². The second-order valence-electron chi connectivity index (χ2n) is 5.80. The highest BCUT2D eigenvalue weighted by Crippen LogP contribution is 2.27. The minimum Gasteiger partial charge on any atom is -0.496 e. The Morgan fingerprint density at radius 3 is 2.93 bits per heavy atom. The highest BCUT2D eigenvalue weighted by Gasteiger charge is 2.15. The monoisotopic (exact) mass is 488 g/mol. The molecule has 0 unspecified atom stereocenters. The van der Waals surface area contributed by atoms with Crippen LogP contribution in [0.5, 0.6) is 5.75 Å². The van der Waals surface area contributed by atoms with E-state index in [0.717, 1.165) is 20.7 Å². The lowest BCUT2D eigenvalue weighted by Crippen LogP contribution is -2.34. The molecule has 2 heterocycles. The van der Waals surface area contributed by atoms with Crippen LogP contribution in [0.15, 0.2) is 53.3 Å². The average molecular weight is 489 g/mol. The van der Waals surface area contributed by atoms with E-state index >= 15 is 0 Å². The Kier molecular flexibility index (Phi) is 5.51. The van der Waals surface area contributed by atoms with E-state index < -0.39 is 0 Å². The molecule has 11 heteroatoms. The fourth-order valence-electron chi connectivity index (χ4n) is 2.60. The molecule has 4 rings (SSSR count). The third-order valence-corrected chi connectivity index (χ3v) is 5.55. The Bertz CT molecular complexity index is 1190. The zero-order chi connectivity index (χ0) is 20.4. The minimum absolute atomic E-state index is 0.173. The van der Waals surface area contributed by atoms with E-state index in [-0.39, 0.29) is 11.0 Å². The number of fused-ring (bicyclic) bond motifs is 1. The summed E-state index contributed by atoms with van der Waals surface area (Å²) in [5.41, 5.74) is 1.99. The molecule has 0 aliphatic carbocycles. The molecule has 1 amide bonds. The van der Waals surface area contributed by atoms with Gasteiger partial charge in [0.05, 0.1) is 12.7 Å². The van der Waals surface area contributed by atoms with Gasteiger partial charge in [-0.2, -0.15) is 9.61 Å². The second-order valence-corrected chi connectivity index (χ2v) is 8.08. The Morgan fingerprint density at radius 1 is 1.28 bits per heavy atom. The van der Waals surface area contributed by atoms with Gasteiger partial charge in [-0.1, -0.05) is 39.4 Å². The van der Waals surface area contributed by atoms with Gasteiger partial charge in [0, 0.05) is 15.7 Å². The molecule has 0 aliphatic rings. The summed E-state index contributed by atoms with van der Waals surface area (Å²) in [5, 5.41) is 18.9. The lowest BCUT2D eigenvalue weighted by molar-refractivity contribution is 0.0974. The van der Waals surface area contributed by atoms with Crippen molar-refractivity contribution in [1.29, 1.82) is 0 Å². The first-order chi connectivity index (χ1) is 14.0. The molecular formula is C18H13BrN6O2S2. The number of ether oxygens (including phenoxy) is 1. The highest BCUT2D eigenvalue weighted by molar-refractivity contribution is 9.10. The van der Waals surface area contributed by atoms with Gasteiger partial charge in [-0.25, -0.2) is 0 Å². The largest absolute Gasteiger partial charge is 0.496 e. The zero-order valence-corrected chi connectivity index (χ0v) is 18.1. The maximum absolute atomic E-state index is 12.6. The topological polar surface area (TPSA) is 93.4 Å². The van der Waals surface area contributed by atoms with Crippen molar-refractivity contribution in [2.24, 2.45) is 0 Å². The van der Waals surface area contributed by atoms with E-state index in [1.54, 1.807) is 29.0 Å². The normalized spacial score (nSPS) is 10.7. The molecule has 2 N–H and O–H groups in total. The summed E-state index contributed by atoms with van der Waals surface area (Å²) >= 11 is 10.1. The molecule has 0 saturated carbocycles. The standard InChI is InChI=1S/C18H13BrN6O2S2/c1-27-14-6-5-11(19)8-13(14)15(26)22-17(28)21-12-4-2-3-10(7-12)16-24-25-9-20-23-18(25)29-16/h2-9H,1H3,(H2,21,22,26,28). The van der Waals surface area contributed by atoms with Crippen LogP contribution in [-0.2, 0) is 0 Å². The van der Waals surface area contributed by atoms with E-state index in [2.05, 4.69) is 41.9 Å². The molecule has 0 fully saturated rings. The molecule has 0 bridgehead atoms. The van der Waals surface area contributed by atoms with Crippen molar-refractivity contribution in [2.75, 3.05) is 12.4 Å². The number of amides is 1. The fraction of sp³-hybridized carbons (Fsp3) is 0.0556. The predicted molar refractivity (Wildman–Crippen MR) is 118 cm³/mol. The molecule has 0 aliphatic heterocycles. The number of methoxy groups -OCH3 is 1. The molecule has 146 valence electrons. The first-order valence-corrected chi connectivity index (χ1v) is 10.3. The van der Waals surface area contributed by atoms with Crippen molar-refractivity contribution in [3.63, 3.8) is 0 Å². The molecule has 2 aromatic carbocycles. The molecular weight excluding hydrogens is 476 g/mol. The number of hydrogen-bond acceptors (Lipinski definition) is 7. The second kappa shape index (κ2) is 8.23. The number of anilines is 1. The Labute approximate surface area is 183 Å². The first kappa shape index (κ1) is 19.4. The van der Waals surface area contributed by atoms with Gasteiger partial charge in [-0.05, 0) is 42.5 Å². The van der Waals surface area contributed by atoms with Crippen LogP contribution in [-0.4, -0.2) is 37.9 Å². The lowest BCUT2D eigenvalue weighted by Gasteiger charge is -2.12. The van der Waals surface area contributed by atoms with Crippen LogP contribution in [0.2, 0.25) is 0 Å². The Hall–Kier alpha value is -2.89. The number of thiocarbonyl (C=S) groups is 1. The van der Waals surface area contributed by atoms with Crippen molar-refractivity contribution in [3.05, 3.63) is 58.8 Å². The van der Waals surface area contributed by atoms with E-state index in [1.165, 1.54) is 18.4 Å². The number of benzene rings is 2. The Morgan fingerprint density at radius 2 is 2.14 bits per heavy atom. The first-order valence-electron chi connectivity index (χ1n) is 8.26. The van der Waals surface area contributed by atoms with Gasteiger partial charge in [-0.15, -0.1) is 10.2 Å². The van der Waals surface area contributed by atoms with Crippen LogP contribution in [0.4, 0.5) is 5.69 Å². The average Bonchev–Trinajstić information content (AvgIpc) is 3.30. The molecule has 0 atom stereocenters. The number of nitrogens with one attached hydrogen (secondary N) is 2. The number of rotatable bonds is 4. The summed E-state index contributed by atoms with van der Waals surface area (Å²) in [6, 6.07) is 12.7. The number of nitrogens with zero attached hydrogens (tertiary/aromatic N) is 4. The Balaban J connectivity index is 1.48. The third kappa shape index (κ3) is 4.26. The van der Waals surface area contributed by atoms with E-state index in [9.17, 15) is 4.79 Å². The third-order valence-electron chi connectivity index (χ3n) is 3.89. The molecule has 29 heavy (non-hydrogen) atoms. The van der Waals surface area contributed by atoms with E-state index in [4.69, 9.17) is 17.0 Å². The van der Waals surface area contributed by atoms with Gasteiger partial charge in [0.25, 0.3) is 5.91 Å². The molecule has 8 nitrogen and oxygen atoms in total. The summed E-state index contributed by atoms with van der Waals surface area (Å²) in [5.74, 6) is 0.0872. The predicted octanol–water partition coefficient (Wildman–Crippen LogP) is 3.75. The molecule has 4 aromatic rings. The lowest BCUT2D eigenvalue weighted by atomic mass is 10.2. The zero-order valence-electron chi connectivity index (χ0n) is 14.9. The maximum Gasteiger partial charge on any atom is 0.261 e. The number of carbonyl (C=O) groups is 1. The van der Waals surface area contributed by atoms with Crippen molar-refractivity contribution >= 4 is 61.2 Å². The number of halogens is 1. The summed E-state index contributed by atoms with van der Waals surface area (Å²) in [7, 11) is 1.51. The van der Waals surface area contributed by atoms with Gasteiger partial charge in [0.2, 0.25) is 4.96 Å². The SMILES string of the molecule is COc1ccc(Br)cc1C(=O)NC(=S)Nc1cccc(-c2nn3cnnc3s2)c1.